The molecule has 4 nitrogen and oxygen atoms in total. The fraction of sp³-hybridized carbons (Fsp3) is 0.400. The molecule has 0 aliphatic rings. The number of H-pyrrole nitrogens is 1. The molecule has 0 amide bonds. The van der Waals surface area contributed by atoms with Gasteiger partial charge < -0.3 is 14.5 Å². The van der Waals surface area contributed by atoms with Crippen LogP contribution in [-0.2, 0) is 9.53 Å². The Bertz CT molecular complexity index is 574. The van der Waals surface area contributed by atoms with Crippen molar-refractivity contribution >= 4 is 16.9 Å². The van der Waals surface area contributed by atoms with Crippen LogP contribution in [0.3, 0.4) is 0 Å². The standard InChI is InChI=1S/C15H19NO3/c1-4-12(15(17)19-5-2)14-9-10-8-11(18-3)6-7-13(10)16-14/h6-9,12,16H,4-5H2,1-3H3. The molecule has 0 spiro atoms. The van der Waals surface area contributed by atoms with E-state index in [0.717, 1.165) is 22.3 Å². The predicted octanol–water partition coefficient (Wildman–Crippen LogP) is 3.23. The van der Waals surface area contributed by atoms with Crippen molar-refractivity contribution in [2.75, 3.05) is 13.7 Å². The van der Waals surface area contributed by atoms with E-state index < -0.39 is 0 Å². The Balaban J connectivity index is 2.35. The monoisotopic (exact) mass is 261 g/mol. The zero-order valence-electron chi connectivity index (χ0n) is 11.5. The minimum absolute atomic E-state index is 0.177. The number of carbonyl (C=O) groups is 1. The summed E-state index contributed by atoms with van der Waals surface area (Å²) in [5.41, 5.74) is 1.89. The van der Waals surface area contributed by atoms with Crippen LogP contribution < -0.4 is 4.74 Å². The highest BCUT2D eigenvalue weighted by atomic mass is 16.5. The molecule has 4 heteroatoms. The molecular weight excluding hydrogens is 242 g/mol. The number of benzene rings is 1. The fourth-order valence-electron chi connectivity index (χ4n) is 2.20. The van der Waals surface area contributed by atoms with E-state index in [1.807, 2.05) is 38.1 Å². The van der Waals surface area contributed by atoms with Crippen LogP contribution in [0.5, 0.6) is 5.75 Å². The molecule has 0 bridgehead atoms. The number of hydrogen-bond acceptors (Lipinski definition) is 3. The Morgan fingerprint density at radius 2 is 2.11 bits per heavy atom. The largest absolute Gasteiger partial charge is 0.497 e. The molecule has 2 rings (SSSR count). The number of ether oxygens (including phenoxy) is 2. The first kappa shape index (κ1) is 13.5. The number of aromatic amines is 1. The van der Waals surface area contributed by atoms with Crippen LogP contribution >= 0.6 is 0 Å². The normalized spacial score (nSPS) is 12.4. The lowest BCUT2D eigenvalue weighted by Crippen LogP contribution is -2.15. The van der Waals surface area contributed by atoms with Gasteiger partial charge in [0.25, 0.3) is 0 Å². The van der Waals surface area contributed by atoms with Gasteiger partial charge in [-0.05, 0) is 37.6 Å². The Morgan fingerprint density at radius 1 is 1.32 bits per heavy atom. The molecule has 2 aromatic rings. The lowest BCUT2D eigenvalue weighted by Gasteiger charge is -2.11. The average Bonchev–Trinajstić information content (AvgIpc) is 2.82. The van der Waals surface area contributed by atoms with E-state index in [2.05, 4.69) is 4.98 Å². The number of hydrogen-bond donors (Lipinski definition) is 1. The highest BCUT2D eigenvalue weighted by Gasteiger charge is 2.21. The fourth-order valence-corrected chi connectivity index (χ4v) is 2.20. The van der Waals surface area contributed by atoms with Gasteiger partial charge >= 0.3 is 5.97 Å². The van der Waals surface area contributed by atoms with E-state index in [1.165, 1.54) is 0 Å². The summed E-state index contributed by atoms with van der Waals surface area (Å²) in [7, 11) is 1.64. The van der Waals surface area contributed by atoms with Gasteiger partial charge in [-0.25, -0.2) is 0 Å². The maximum Gasteiger partial charge on any atom is 0.314 e. The Hall–Kier alpha value is -1.97. The molecule has 1 aromatic carbocycles. The smallest absolute Gasteiger partial charge is 0.314 e. The summed E-state index contributed by atoms with van der Waals surface area (Å²) >= 11 is 0. The highest BCUT2D eigenvalue weighted by molar-refractivity contribution is 5.85. The van der Waals surface area contributed by atoms with E-state index in [0.29, 0.717) is 13.0 Å². The molecule has 0 saturated heterocycles. The summed E-state index contributed by atoms with van der Waals surface area (Å²) in [5.74, 6) is 0.393. The van der Waals surface area contributed by atoms with Gasteiger partial charge in [-0.1, -0.05) is 6.92 Å². The Kier molecular flexibility index (Phi) is 4.10. The van der Waals surface area contributed by atoms with Gasteiger partial charge in [-0.2, -0.15) is 0 Å². The number of nitrogens with one attached hydrogen (secondary N) is 1. The van der Waals surface area contributed by atoms with Gasteiger partial charge in [0.2, 0.25) is 0 Å². The molecule has 0 radical (unpaired) electrons. The summed E-state index contributed by atoms with van der Waals surface area (Å²) < 4.78 is 10.3. The van der Waals surface area contributed by atoms with Crippen molar-refractivity contribution in [1.29, 1.82) is 0 Å². The summed E-state index contributed by atoms with van der Waals surface area (Å²) in [6.07, 6.45) is 0.711. The maximum atomic E-state index is 11.9. The summed E-state index contributed by atoms with van der Waals surface area (Å²) in [4.78, 5) is 15.2. The third-order valence-corrected chi connectivity index (χ3v) is 3.20. The first-order valence-corrected chi connectivity index (χ1v) is 6.52. The zero-order chi connectivity index (χ0) is 13.8. The van der Waals surface area contributed by atoms with Gasteiger partial charge in [-0.15, -0.1) is 0 Å². The summed E-state index contributed by atoms with van der Waals surface area (Å²) in [6.45, 7) is 4.21. The van der Waals surface area contributed by atoms with Gasteiger partial charge in [-0.3, -0.25) is 4.79 Å². The number of aromatic nitrogens is 1. The van der Waals surface area contributed by atoms with Gasteiger partial charge in [0, 0.05) is 16.6 Å². The van der Waals surface area contributed by atoms with E-state index in [9.17, 15) is 4.79 Å². The lowest BCUT2D eigenvalue weighted by molar-refractivity contribution is -0.145. The summed E-state index contributed by atoms with van der Waals surface area (Å²) in [5, 5.41) is 1.04. The molecule has 102 valence electrons. The van der Waals surface area contributed by atoms with Crippen molar-refractivity contribution in [2.45, 2.75) is 26.2 Å². The number of carbonyl (C=O) groups excluding carboxylic acids is 1. The first-order valence-electron chi connectivity index (χ1n) is 6.52. The molecule has 1 unspecified atom stereocenters. The Labute approximate surface area is 112 Å². The molecule has 0 saturated carbocycles. The third kappa shape index (κ3) is 2.72. The Morgan fingerprint density at radius 3 is 2.74 bits per heavy atom. The molecule has 1 aromatic heterocycles. The molecule has 0 aliphatic carbocycles. The van der Waals surface area contributed by atoms with Gasteiger partial charge in [0.05, 0.1) is 19.6 Å². The second-order valence-electron chi connectivity index (χ2n) is 4.39. The quantitative estimate of drug-likeness (QED) is 0.841. The second kappa shape index (κ2) is 5.78. The molecule has 0 fully saturated rings. The lowest BCUT2D eigenvalue weighted by atomic mass is 10.0. The van der Waals surface area contributed by atoms with Crippen LogP contribution in [0, 0.1) is 0 Å². The van der Waals surface area contributed by atoms with Crippen LogP contribution in [0.25, 0.3) is 10.9 Å². The topological polar surface area (TPSA) is 51.3 Å². The number of methoxy groups -OCH3 is 1. The predicted molar refractivity (Wildman–Crippen MR) is 74.5 cm³/mol. The third-order valence-electron chi connectivity index (χ3n) is 3.20. The van der Waals surface area contributed by atoms with Crippen molar-refractivity contribution in [3.63, 3.8) is 0 Å². The zero-order valence-corrected chi connectivity index (χ0v) is 11.5. The highest BCUT2D eigenvalue weighted by Crippen LogP contribution is 2.27. The van der Waals surface area contributed by atoms with Crippen LogP contribution in [-0.4, -0.2) is 24.7 Å². The first-order chi connectivity index (χ1) is 9.19. The van der Waals surface area contributed by atoms with Crippen molar-refractivity contribution < 1.29 is 14.3 Å². The number of fused-ring (bicyclic) bond motifs is 1. The molecule has 1 atom stereocenters. The van der Waals surface area contributed by atoms with E-state index >= 15 is 0 Å². The van der Waals surface area contributed by atoms with E-state index in [4.69, 9.17) is 9.47 Å². The second-order valence-corrected chi connectivity index (χ2v) is 4.39. The maximum absolute atomic E-state index is 11.9. The molecular formula is C15H19NO3. The minimum atomic E-state index is -0.238. The average molecular weight is 261 g/mol. The molecule has 19 heavy (non-hydrogen) atoms. The number of rotatable bonds is 5. The summed E-state index contributed by atoms with van der Waals surface area (Å²) in [6, 6.07) is 7.79. The van der Waals surface area contributed by atoms with Crippen LogP contribution in [0.4, 0.5) is 0 Å². The van der Waals surface area contributed by atoms with Crippen LogP contribution in [0.2, 0.25) is 0 Å². The van der Waals surface area contributed by atoms with Crippen molar-refractivity contribution in [2.24, 2.45) is 0 Å². The molecule has 1 N–H and O–H groups in total. The SMILES string of the molecule is CCOC(=O)C(CC)c1cc2cc(OC)ccc2[nH]1. The number of esters is 1. The molecule has 0 aliphatic heterocycles. The van der Waals surface area contributed by atoms with E-state index in [1.54, 1.807) is 7.11 Å². The van der Waals surface area contributed by atoms with Crippen molar-refractivity contribution in [1.82, 2.24) is 4.98 Å². The van der Waals surface area contributed by atoms with Crippen molar-refractivity contribution in [3.8, 4) is 5.75 Å². The van der Waals surface area contributed by atoms with E-state index in [-0.39, 0.29) is 11.9 Å². The van der Waals surface area contributed by atoms with Crippen LogP contribution in [0.1, 0.15) is 31.9 Å². The van der Waals surface area contributed by atoms with Crippen LogP contribution in [0.15, 0.2) is 24.3 Å². The molecule has 1 heterocycles. The van der Waals surface area contributed by atoms with Gasteiger partial charge in [0.1, 0.15) is 5.75 Å². The van der Waals surface area contributed by atoms with Crippen molar-refractivity contribution in [3.05, 3.63) is 30.0 Å². The minimum Gasteiger partial charge on any atom is -0.497 e. The van der Waals surface area contributed by atoms with Gasteiger partial charge in [0.15, 0.2) is 0 Å².